The molecule has 5 saturated heterocycles. The fourth-order valence-corrected chi connectivity index (χ4v) is 9.53. The summed E-state index contributed by atoms with van der Waals surface area (Å²) in [6, 6.07) is 7.03. The topological polar surface area (TPSA) is 131 Å². The molecule has 1 aliphatic carbocycles. The van der Waals surface area contributed by atoms with E-state index in [9.17, 15) is 14.4 Å². The minimum absolute atomic E-state index is 0.00912. The molecule has 15 heteroatoms. The number of rotatable bonds is 12. The van der Waals surface area contributed by atoms with Crippen molar-refractivity contribution in [3.8, 4) is 0 Å². The lowest BCUT2D eigenvalue weighted by molar-refractivity contribution is -0.571. The van der Waals surface area contributed by atoms with E-state index < -0.39 is 41.6 Å². The smallest absolute Gasteiger partial charge is 0.408 e. The van der Waals surface area contributed by atoms with Crippen molar-refractivity contribution < 1.29 is 38.4 Å². The Balaban J connectivity index is 1.05. The Labute approximate surface area is 329 Å². The second kappa shape index (κ2) is 17.0. The molecular formula is C39H59Cl2N5O8. The molecule has 0 radical (unpaired) electrons. The van der Waals surface area contributed by atoms with Crippen LogP contribution in [-0.4, -0.2) is 121 Å². The molecule has 1 saturated carbocycles. The first-order valence-electron chi connectivity index (χ1n) is 19.6. The van der Waals surface area contributed by atoms with Gasteiger partial charge in [0.25, 0.3) is 0 Å². The molecule has 3 unspecified atom stereocenters. The second-order valence-corrected chi connectivity index (χ2v) is 17.7. The van der Waals surface area contributed by atoms with Gasteiger partial charge in [-0.15, -0.1) is 23.2 Å². The molecule has 5 aliphatic heterocycles. The Morgan fingerprint density at radius 3 is 2.31 bits per heavy atom. The van der Waals surface area contributed by atoms with Crippen molar-refractivity contribution in [1.29, 1.82) is 0 Å². The van der Waals surface area contributed by atoms with Crippen molar-refractivity contribution in [1.82, 2.24) is 20.4 Å². The number of alkyl halides is 2. The standard InChI is InChI=1S/C39H59Cl2N5O8/c1-25-7-12-30-26(2)33(50-35-39(30)29(25)13-14-38(6,51-35)53-54-39)43-32(47)24-44-19-21-46(22-20-44)34(48)31(42-36(49)52-37(3,4)5)23-27-8-10-28(11-9-27)45(17-15-40)18-16-41/h8-11,25-26,29-31,33,35H,7,12-24H2,1-6H3,(H,42,49)(H,43,47)/t25-,26-,29?,30+,31-,33+,35-,38?,39?/m1/s1. The van der Waals surface area contributed by atoms with E-state index in [1.54, 1.807) is 25.7 Å². The number of benzene rings is 1. The van der Waals surface area contributed by atoms with Crippen LogP contribution < -0.4 is 15.5 Å². The number of fused-ring (bicyclic) bond motifs is 2. The number of piperazine rings is 1. The largest absolute Gasteiger partial charge is 0.444 e. The molecule has 3 amide bonds. The Morgan fingerprint density at radius 2 is 1.67 bits per heavy atom. The van der Waals surface area contributed by atoms with Crippen LogP contribution in [0.15, 0.2) is 24.3 Å². The number of alkyl carbamates (subject to hydrolysis) is 1. The van der Waals surface area contributed by atoms with Crippen LogP contribution in [0.1, 0.15) is 72.8 Å². The van der Waals surface area contributed by atoms with Crippen LogP contribution in [0.3, 0.4) is 0 Å². The highest BCUT2D eigenvalue weighted by molar-refractivity contribution is 6.18. The van der Waals surface area contributed by atoms with E-state index in [4.69, 9.17) is 47.2 Å². The lowest BCUT2D eigenvalue weighted by atomic mass is 9.58. The number of carbonyl (C=O) groups is 3. The first-order valence-corrected chi connectivity index (χ1v) is 20.7. The summed E-state index contributed by atoms with van der Waals surface area (Å²) in [5.74, 6) is 0.537. The quantitative estimate of drug-likeness (QED) is 0.223. The number of halogens is 2. The maximum atomic E-state index is 14.0. The van der Waals surface area contributed by atoms with E-state index in [2.05, 4.69) is 29.4 Å². The molecular weight excluding hydrogens is 737 g/mol. The van der Waals surface area contributed by atoms with Gasteiger partial charge in [0.15, 0.2) is 11.9 Å². The van der Waals surface area contributed by atoms with Crippen LogP contribution in [0.2, 0.25) is 0 Å². The van der Waals surface area contributed by atoms with Gasteiger partial charge in [-0.2, -0.15) is 0 Å². The predicted molar refractivity (Wildman–Crippen MR) is 205 cm³/mol. The zero-order valence-corrected chi connectivity index (χ0v) is 34.1. The SMILES string of the molecule is C[C@H]1[C@@H](NC(=O)CN2CCN(C(=O)[C@@H](Cc3ccc(N(CCCl)CCCl)cc3)NC(=O)OC(C)(C)C)CC2)O[C@@H]2OC3(C)CCC4[C@H](C)CC[C@@H]1C42OO3. The molecule has 5 heterocycles. The van der Waals surface area contributed by atoms with Crippen LogP contribution in [0.5, 0.6) is 0 Å². The maximum absolute atomic E-state index is 14.0. The zero-order valence-electron chi connectivity index (χ0n) is 32.6. The minimum Gasteiger partial charge on any atom is -0.444 e. The van der Waals surface area contributed by atoms with E-state index in [0.717, 1.165) is 36.9 Å². The average molecular weight is 797 g/mol. The fraction of sp³-hybridized carbons (Fsp3) is 0.769. The summed E-state index contributed by atoms with van der Waals surface area (Å²) in [7, 11) is 0. The van der Waals surface area contributed by atoms with Crippen molar-refractivity contribution >= 4 is 46.8 Å². The van der Waals surface area contributed by atoms with Gasteiger partial charge in [0.2, 0.25) is 17.6 Å². The Bertz CT molecular complexity index is 1470. The lowest BCUT2D eigenvalue weighted by Crippen LogP contribution is -2.72. The van der Waals surface area contributed by atoms with Crippen molar-refractivity contribution in [3.63, 3.8) is 0 Å². The maximum Gasteiger partial charge on any atom is 0.408 e. The Kier molecular flexibility index (Phi) is 13.0. The molecule has 2 bridgehead atoms. The van der Waals surface area contributed by atoms with Crippen LogP contribution in [-0.2, 0) is 40.0 Å². The number of hydrogen-bond donors (Lipinski definition) is 2. The molecule has 54 heavy (non-hydrogen) atoms. The highest BCUT2D eigenvalue weighted by Crippen LogP contribution is 2.60. The van der Waals surface area contributed by atoms with Crippen LogP contribution in [0.25, 0.3) is 0 Å². The van der Waals surface area contributed by atoms with E-state index in [1.807, 2.05) is 36.1 Å². The summed E-state index contributed by atoms with van der Waals surface area (Å²) in [5, 5.41) is 5.99. The van der Waals surface area contributed by atoms with Crippen molar-refractivity contribution in [2.45, 2.75) is 109 Å². The molecule has 302 valence electrons. The first-order chi connectivity index (χ1) is 25.6. The van der Waals surface area contributed by atoms with Gasteiger partial charge in [0, 0.05) is 81.4 Å². The van der Waals surface area contributed by atoms with Gasteiger partial charge >= 0.3 is 6.09 Å². The van der Waals surface area contributed by atoms with E-state index in [0.29, 0.717) is 56.9 Å². The van der Waals surface area contributed by atoms with E-state index >= 15 is 0 Å². The van der Waals surface area contributed by atoms with Gasteiger partial charge in [0.05, 0.1) is 6.54 Å². The molecule has 1 aromatic rings. The summed E-state index contributed by atoms with van der Waals surface area (Å²) in [4.78, 5) is 58.4. The molecule has 0 aromatic heterocycles. The number of nitrogens with one attached hydrogen (secondary N) is 2. The molecule has 9 atom stereocenters. The van der Waals surface area contributed by atoms with Gasteiger partial charge in [-0.25, -0.2) is 14.6 Å². The van der Waals surface area contributed by atoms with Gasteiger partial charge in [-0.05, 0) is 76.5 Å². The monoisotopic (exact) mass is 795 g/mol. The highest BCUT2D eigenvalue weighted by Gasteiger charge is 2.69. The third-order valence-corrected chi connectivity index (χ3v) is 12.3. The summed E-state index contributed by atoms with van der Waals surface area (Å²) in [6.07, 6.45) is 2.18. The first kappa shape index (κ1) is 41.2. The third-order valence-electron chi connectivity index (χ3n) is 12.0. The number of amides is 3. The molecule has 2 N–H and O–H groups in total. The molecule has 1 aromatic carbocycles. The zero-order chi connectivity index (χ0) is 38.8. The van der Waals surface area contributed by atoms with Gasteiger partial charge in [0.1, 0.15) is 17.9 Å². The van der Waals surface area contributed by atoms with Crippen molar-refractivity contribution in [2.24, 2.45) is 23.7 Å². The number of ether oxygens (including phenoxy) is 3. The van der Waals surface area contributed by atoms with Crippen LogP contribution >= 0.6 is 23.2 Å². The average Bonchev–Trinajstić information content (AvgIpc) is 3.35. The number of anilines is 1. The third kappa shape index (κ3) is 9.08. The molecule has 6 fully saturated rings. The number of nitrogens with zero attached hydrogens (tertiary/aromatic N) is 3. The summed E-state index contributed by atoms with van der Waals surface area (Å²) < 4.78 is 18.5. The van der Waals surface area contributed by atoms with Crippen molar-refractivity contribution in [3.05, 3.63) is 29.8 Å². The second-order valence-electron chi connectivity index (χ2n) is 16.9. The molecule has 7 rings (SSSR count). The number of carbonyl (C=O) groups excluding carboxylic acids is 3. The van der Waals surface area contributed by atoms with Gasteiger partial charge in [-0.3, -0.25) is 14.5 Å². The molecule has 13 nitrogen and oxygen atoms in total. The van der Waals surface area contributed by atoms with Gasteiger partial charge in [-0.1, -0.05) is 26.0 Å². The summed E-state index contributed by atoms with van der Waals surface area (Å²) in [6.45, 7) is 15.0. The van der Waals surface area contributed by atoms with Crippen LogP contribution in [0.4, 0.5) is 10.5 Å². The van der Waals surface area contributed by atoms with E-state index in [-0.39, 0.29) is 42.5 Å². The Hall–Kier alpha value is -2.39. The van der Waals surface area contributed by atoms with Gasteiger partial charge < -0.3 is 34.6 Å². The minimum atomic E-state index is -0.883. The number of hydrogen-bond acceptors (Lipinski definition) is 10. The fourth-order valence-electron chi connectivity index (χ4n) is 9.13. The van der Waals surface area contributed by atoms with Crippen molar-refractivity contribution in [2.75, 3.05) is 62.5 Å². The lowest BCUT2D eigenvalue weighted by Gasteiger charge is -2.60. The normalized spacial score (nSPS) is 32.9. The summed E-state index contributed by atoms with van der Waals surface area (Å²) in [5.41, 5.74) is 0.462. The summed E-state index contributed by atoms with van der Waals surface area (Å²) >= 11 is 12.0. The van der Waals surface area contributed by atoms with Crippen LogP contribution in [0, 0.1) is 23.7 Å². The highest BCUT2D eigenvalue weighted by atomic mass is 35.5. The Morgan fingerprint density at radius 1 is 0.981 bits per heavy atom. The molecule has 1 spiro atoms. The molecule has 6 aliphatic rings. The van der Waals surface area contributed by atoms with E-state index in [1.165, 1.54) is 0 Å². The predicted octanol–water partition coefficient (Wildman–Crippen LogP) is 4.87.